The summed E-state index contributed by atoms with van der Waals surface area (Å²) in [5, 5.41) is 10.7. The monoisotopic (exact) mass is 361 g/mol. The lowest BCUT2D eigenvalue weighted by Crippen LogP contribution is -2.30. The van der Waals surface area contributed by atoms with Crippen molar-refractivity contribution in [1.29, 1.82) is 0 Å². The number of rotatable bonds is 5. The minimum absolute atomic E-state index is 0.145. The minimum Gasteiger partial charge on any atom is -0.305 e. The Hall–Kier alpha value is -2.03. The summed E-state index contributed by atoms with van der Waals surface area (Å²) < 4.78 is 1.68. The molecule has 3 aromatic rings. The van der Waals surface area contributed by atoms with Crippen LogP contribution in [-0.4, -0.2) is 27.7 Å². The van der Waals surface area contributed by atoms with Crippen LogP contribution in [-0.2, 0) is 11.8 Å². The molecule has 0 radical (unpaired) electrons. The topological polar surface area (TPSA) is 71.8 Å². The second-order valence-electron chi connectivity index (χ2n) is 5.49. The minimum atomic E-state index is -0.463. The maximum Gasteiger partial charge on any atom is 0.247 e. The Kier molecular flexibility index (Phi) is 4.79. The van der Waals surface area contributed by atoms with Gasteiger partial charge >= 0.3 is 0 Å². The number of thiazole rings is 1. The van der Waals surface area contributed by atoms with Gasteiger partial charge in [-0.05, 0) is 33.0 Å². The zero-order valence-corrected chi connectivity index (χ0v) is 15.6. The van der Waals surface area contributed by atoms with Crippen molar-refractivity contribution in [3.8, 4) is 10.6 Å². The van der Waals surface area contributed by atoms with Crippen molar-refractivity contribution in [2.45, 2.75) is 19.9 Å². The number of likely N-dealkylation sites (N-methyl/N-ethyl adjacent to an activating group) is 1. The largest absolute Gasteiger partial charge is 0.305 e. The zero-order chi connectivity index (χ0) is 17.3. The maximum atomic E-state index is 12.6. The van der Waals surface area contributed by atoms with Crippen molar-refractivity contribution >= 4 is 33.7 Å². The van der Waals surface area contributed by atoms with E-state index in [1.807, 2.05) is 20.2 Å². The van der Waals surface area contributed by atoms with E-state index in [9.17, 15) is 4.79 Å². The number of aryl methyl sites for hydroxylation is 3. The second-order valence-corrected chi connectivity index (χ2v) is 7.98. The molecule has 0 saturated carbocycles. The fourth-order valence-electron chi connectivity index (χ4n) is 2.46. The highest BCUT2D eigenvalue weighted by molar-refractivity contribution is 7.18. The summed E-state index contributed by atoms with van der Waals surface area (Å²) in [5.41, 5.74) is 1.76. The summed E-state index contributed by atoms with van der Waals surface area (Å²) >= 11 is 3.20. The quantitative estimate of drug-likeness (QED) is 0.732. The molecule has 24 heavy (non-hydrogen) atoms. The lowest BCUT2D eigenvalue weighted by atomic mass is 10.1. The Labute approximate surface area is 148 Å². The van der Waals surface area contributed by atoms with Crippen LogP contribution in [0.5, 0.6) is 0 Å². The Morgan fingerprint density at radius 2 is 2.08 bits per heavy atom. The molecule has 0 aromatic carbocycles. The van der Waals surface area contributed by atoms with Gasteiger partial charge in [-0.25, -0.2) is 4.98 Å². The van der Waals surface area contributed by atoms with Crippen LogP contribution >= 0.6 is 22.7 Å². The van der Waals surface area contributed by atoms with Gasteiger partial charge in [-0.2, -0.15) is 5.10 Å². The predicted molar refractivity (Wildman–Crippen MR) is 98.5 cm³/mol. The van der Waals surface area contributed by atoms with E-state index in [4.69, 9.17) is 0 Å². The number of aromatic nitrogens is 3. The Morgan fingerprint density at radius 1 is 1.29 bits per heavy atom. The van der Waals surface area contributed by atoms with Gasteiger partial charge in [-0.3, -0.25) is 9.48 Å². The van der Waals surface area contributed by atoms with E-state index in [2.05, 4.69) is 39.8 Å². The smallest absolute Gasteiger partial charge is 0.247 e. The SMILES string of the molecule is CNC(C(=O)Nc1nc(-c2ccc(C)s2)c(C)s1)c1cnn(C)c1. The van der Waals surface area contributed by atoms with Crippen molar-refractivity contribution in [2.75, 3.05) is 12.4 Å². The van der Waals surface area contributed by atoms with E-state index in [0.29, 0.717) is 5.13 Å². The summed E-state index contributed by atoms with van der Waals surface area (Å²) in [5.74, 6) is -0.145. The van der Waals surface area contributed by atoms with Gasteiger partial charge in [0.1, 0.15) is 6.04 Å². The molecule has 0 fully saturated rings. The molecular weight excluding hydrogens is 342 g/mol. The van der Waals surface area contributed by atoms with Gasteiger partial charge in [0.25, 0.3) is 0 Å². The number of carbonyl (C=O) groups excluding carboxylic acids is 1. The molecule has 0 bridgehead atoms. The Balaban J connectivity index is 1.79. The van der Waals surface area contributed by atoms with E-state index in [0.717, 1.165) is 21.0 Å². The van der Waals surface area contributed by atoms with Crippen molar-refractivity contribution in [1.82, 2.24) is 20.1 Å². The highest BCUT2D eigenvalue weighted by Crippen LogP contribution is 2.34. The van der Waals surface area contributed by atoms with Crippen LogP contribution in [0.4, 0.5) is 5.13 Å². The van der Waals surface area contributed by atoms with E-state index < -0.39 is 6.04 Å². The van der Waals surface area contributed by atoms with Crippen molar-refractivity contribution in [3.05, 3.63) is 39.8 Å². The molecule has 1 atom stereocenters. The first-order valence-electron chi connectivity index (χ1n) is 7.49. The van der Waals surface area contributed by atoms with Crippen LogP contribution in [0.15, 0.2) is 24.5 Å². The molecule has 1 unspecified atom stereocenters. The molecule has 0 aliphatic heterocycles. The molecule has 3 rings (SSSR count). The normalized spacial score (nSPS) is 12.3. The zero-order valence-electron chi connectivity index (χ0n) is 14.0. The third-order valence-electron chi connectivity index (χ3n) is 3.61. The van der Waals surface area contributed by atoms with Crippen molar-refractivity contribution in [2.24, 2.45) is 7.05 Å². The lowest BCUT2D eigenvalue weighted by Gasteiger charge is -2.12. The van der Waals surface area contributed by atoms with Crippen LogP contribution in [0.25, 0.3) is 10.6 Å². The summed E-state index contributed by atoms with van der Waals surface area (Å²) in [6.45, 7) is 4.10. The van der Waals surface area contributed by atoms with Crippen LogP contribution < -0.4 is 10.6 Å². The number of nitrogens with zero attached hydrogens (tertiary/aromatic N) is 3. The molecule has 3 heterocycles. The van der Waals surface area contributed by atoms with Gasteiger partial charge in [0.15, 0.2) is 5.13 Å². The van der Waals surface area contributed by atoms with Gasteiger partial charge in [-0.1, -0.05) is 0 Å². The number of anilines is 1. The van der Waals surface area contributed by atoms with Crippen molar-refractivity contribution < 1.29 is 4.79 Å². The molecule has 0 spiro atoms. The van der Waals surface area contributed by atoms with Crippen LogP contribution in [0.2, 0.25) is 0 Å². The molecular formula is C16H19N5OS2. The van der Waals surface area contributed by atoms with Gasteiger partial charge in [0.05, 0.1) is 16.8 Å². The Bertz CT molecular complexity index is 864. The van der Waals surface area contributed by atoms with Gasteiger partial charge in [0.2, 0.25) is 5.91 Å². The number of nitrogens with one attached hydrogen (secondary N) is 2. The van der Waals surface area contributed by atoms with E-state index in [1.165, 1.54) is 16.2 Å². The first kappa shape index (κ1) is 16.8. The molecule has 3 aromatic heterocycles. The van der Waals surface area contributed by atoms with Crippen LogP contribution in [0, 0.1) is 13.8 Å². The second kappa shape index (κ2) is 6.84. The molecule has 0 aliphatic rings. The van der Waals surface area contributed by atoms with E-state index in [-0.39, 0.29) is 5.91 Å². The molecule has 0 aliphatic carbocycles. The van der Waals surface area contributed by atoms with Gasteiger partial charge in [0, 0.05) is 28.6 Å². The number of amides is 1. The fraction of sp³-hybridized carbons (Fsp3) is 0.312. The predicted octanol–water partition coefficient (Wildman–Crippen LogP) is 3.12. The molecule has 6 nitrogen and oxygen atoms in total. The van der Waals surface area contributed by atoms with E-state index >= 15 is 0 Å². The first-order chi connectivity index (χ1) is 11.5. The molecule has 1 amide bonds. The number of carbonyl (C=O) groups is 1. The fourth-order valence-corrected chi connectivity index (χ4v) is 4.27. The number of hydrogen-bond acceptors (Lipinski definition) is 6. The average molecular weight is 361 g/mol. The lowest BCUT2D eigenvalue weighted by molar-refractivity contribution is -0.118. The van der Waals surface area contributed by atoms with Gasteiger partial charge in [-0.15, -0.1) is 22.7 Å². The summed E-state index contributed by atoms with van der Waals surface area (Å²) in [4.78, 5) is 20.6. The summed E-state index contributed by atoms with van der Waals surface area (Å²) in [7, 11) is 3.58. The van der Waals surface area contributed by atoms with Crippen LogP contribution in [0.3, 0.4) is 0 Å². The number of thiophene rings is 1. The van der Waals surface area contributed by atoms with Crippen molar-refractivity contribution in [3.63, 3.8) is 0 Å². The summed E-state index contributed by atoms with van der Waals surface area (Å²) in [6, 6.07) is 3.69. The summed E-state index contributed by atoms with van der Waals surface area (Å²) in [6.07, 6.45) is 3.52. The van der Waals surface area contributed by atoms with Gasteiger partial charge < -0.3 is 10.6 Å². The average Bonchev–Trinajstić information content (AvgIpc) is 3.21. The van der Waals surface area contributed by atoms with E-state index in [1.54, 1.807) is 29.3 Å². The van der Waals surface area contributed by atoms with Crippen LogP contribution in [0.1, 0.15) is 21.4 Å². The third-order valence-corrected chi connectivity index (χ3v) is 5.50. The standard InChI is InChI=1S/C16H19N5OS2/c1-9-5-6-12(23-9)13-10(2)24-16(19-13)20-15(22)14(17-3)11-7-18-21(4)8-11/h5-8,14,17H,1-4H3,(H,19,20,22). The first-order valence-corrected chi connectivity index (χ1v) is 9.12. The molecule has 2 N–H and O–H groups in total. The third kappa shape index (κ3) is 3.40. The highest BCUT2D eigenvalue weighted by atomic mass is 32.1. The molecule has 0 saturated heterocycles. The maximum absolute atomic E-state index is 12.6. The highest BCUT2D eigenvalue weighted by Gasteiger charge is 2.22. The Morgan fingerprint density at radius 3 is 2.67 bits per heavy atom. The molecule has 8 heteroatoms. The molecule has 126 valence electrons. The number of hydrogen-bond donors (Lipinski definition) is 2.